The maximum Gasteiger partial charge on any atom is 0.336 e. The zero-order chi connectivity index (χ0) is 22.7. The first-order chi connectivity index (χ1) is 15.4. The summed E-state index contributed by atoms with van der Waals surface area (Å²) in [5.41, 5.74) is 2.98. The molecule has 2 N–H and O–H groups in total. The van der Waals surface area contributed by atoms with Crippen LogP contribution in [-0.2, 0) is 25.7 Å². The van der Waals surface area contributed by atoms with Crippen molar-refractivity contribution in [2.24, 2.45) is 5.41 Å². The van der Waals surface area contributed by atoms with Gasteiger partial charge >= 0.3 is 5.97 Å². The van der Waals surface area contributed by atoms with Gasteiger partial charge in [-0.1, -0.05) is 19.9 Å². The van der Waals surface area contributed by atoms with E-state index in [0.717, 1.165) is 11.3 Å². The number of hydrogen-bond donors (Lipinski definition) is 2. The molecule has 0 spiro atoms. The molecular weight excluding hydrogens is 410 g/mol. The quantitative estimate of drug-likeness (QED) is 0.635. The summed E-state index contributed by atoms with van der Waals surface area (Å²) in [7, 11) is 0. The first-order valence-corrected chi connectivity index (χ1v) is 10.6. The van der Waals surface area contributed by atoms with E-state index in [1.54, 1.807) is 25.4 Å². The Morgan fingerprint density at radius 3 is 2.81 bits per heavy atom. The van der Waals surface area contributed by atoms with E-state index in [9.17, 15) is 9.59 Å². The van der Waals surface area contributed by atoms with E-state index < -0.39 is 11.9 Å². The molecule has 1 aliphatic heterocycles. The Morgan fingerprint density at radius 1 is 1.28 bits per heavy atom. The number of carbonyl (C=O) groups excluding carboxylic acids is 2. The van der Waals surface area contributed by atoms with Gasteiger partial charge in [0.15, 0.2) is 5.78 Å². The van der Waals surface area contributed by atoms with Gasteiger partial charge in [0.1, 0.15) is 18.8 Å². The molecule has 2 aromatic rings. The Labute approximate surface area is 186 Å². The summed E-state index contributed by atoms with van der Waals surface area (Å²) in [6.07, 6.45) is 5.87. The lowest BCUT2D eigenvalue weighted by atomic mass is 9.69. The normalized spacial score (nSPS) is 20.1. The van der Waals surface area contributed by atoms with Crippen molar-refractivity contribution in [3.05, 3.63) is 64.8 Å². The Bertz CT molecular complexity index is 1060. The fourth-order valence-corrected chi connectivity index (χ4v) is 4.34. The summed E-state index contributed by atoms with van der Waals surface area (Å²) in [4.78, 5) is 34.7. The van der Waals surface area contributed by atoms with Gasteiger partial charge in [0, 0.05) is 36.0 Å². The van der Waals surface area contributed by atoms with Crippen molar-refractivity contribution in [2.75, 3.05) is 13.2 Å². The molecule has 1 unspecified atom stereocenters. The lowest BCUT2D eigenvalue weighted by Gasteiger charge is -2.39. The number of pyridine rings is 1. The van der Waals surface area contributed by atoms with Crippen LogP contribution in [0.5, 0.6) is 0 Å². The monoisotopic (exact) mass is 437 g/mol. The summed E-state index contributed by atoms with van der Waals surface area (Å²) < 4.78 is 11.2. The average Bonchev–Trinajstić information content (AvgIpc) is 3.26. The fourth-order valence-electron chi connectivity index (χ4n) is 4.34. The van der Waals surface area contributed by atoms with Gasteiger partial charge in [-0.2, -0.15) is 5.10 Å². The molecule has 32 heavy (non-hydrogen) atoms. The molecule has 2 aliphatic rings. The second kappa shape index (κ2) is 9.04. The number of allylic oxidation sites excluding steroid dienone is 2. The van der Waals surface area contributed by atoms with Crippen molar-refractivity contribution in [3.8, 4) is 0 Å². The van der Waals surface area contributed by atoms with Crippen LogP contribution in [0.25, 0.3) is 0 Å². The number of H-pyrrole nitrogens is 1. The molecule has 0 amide bonds. The fraction of sp³-hybridized carbons (Fsp3) is 0.435. The van der Waals surface area contributed by atoms with E-state index in [-0.39, 0.29) is 31.0 Å². The highest BCUT2D eigenvalue weighted by molar-refractivity contribution is 6.04. The molecule has 0 fully saturated rings. The Kier molecular flexibility index (Phi) is 6.18. The standard InChI is InChI=1S/C23H27N5O4/c1-4-32-22(30)21-16(11-31-12-18-25-13-26-28-18)27-15-8-23(2,3)9-17(29)20(15)19(21)14-6-5-7-24-10-14/h5-7,10,13,19,27H,4,8-9,11-12H2,1-3H3,(H,25,26,28). The van der Waals surface area contributed by atoms with Crippen LogP contribution in [0.15, 0.2) is 53.4 Å². The van der Waals surface area contributed by atoms with Crippen LogP contribution in [0.1, 0.15) is 50.9 Å². The number of nitrogens with one attached hydrogen (secondary N) is 2. The van der Waals surface area contributed by atoms with Gasteiger partial charge in [-0.25, -0.2) is 9.78 Å². The van der Waals surface area contributed by atoms with Crippen LogP contribution in [0.4, 0.5) is 0 Å². The van der Waals surface area contributed by atoms with Gasteiger partial charge in [0.2, 0.25) is 0 Å². The van der Waals surface area contributed by atoms with Crippen molar-refractivity contribution in [1.29, 1.82) is 0 Å². The number of aromatic nitrogens is 4. The predicted molar refractivity (Wildman–Crippen MR) is 115 cm³/mol. The number of hydrogen-bond acceptors (Lipinski definition) is 8. The zero-order valence-corrected chi connectivity index (χ0v) is 18.5. The van der Waals surface area contributed by atoms with Crippen molar-refractivity contribution < 1.29 is 19.1 Å². The number of dihydropyridines is 1. The molecule has 9 nitrogen and oxygen atoms in total. The Morgan fingerprint density at radius 2 is 2.12 bits per heavy atom. The van der Waals surface area contributed by atoms with Gasteiger partial charge < -0.3 is 14.8 Å². The van der Waals surface area contributed by atoms with Crippen LogP contribution < -0.4 is 5.32 Å². The molecule has 168 valence electrons. The number of aromatic amines is 1. The average molecular weight is 438 g/mol. The van der Waals surface area contributed by atoms with Crippen molar-refractivity contribution in [1.82, 2.24) is 25.5 Å². The highest BCUT2D eigenvalue weighted by atomic mass is 16.5. The van der Waals surface area contributed by atoms with E-state index in [0.29, 0.717) is 35.5 Å². The number of Topliss-reactive ketones (excluding diaryl/α,β-unsaturated/α-hetero) is 1. The van der Waals surface area contributed by atoms with E-state index in [1.165, 1.54) is 6.33 Å². The molecule has 0 aromatic carbocycles. The second-order valence-corrected chi connectivity index (χ2v) is 8.72. The van der Waals surface area contributed by atoms with Gasteiger partial charge in [0.05, 0.1) is 24.5 Å². The number of carbonyl (C=O) groups is 2. The molecule has 0 saturated heterocycles. The van der Waals surface area contributed by atoms with Crippen LogP contribution in [0.2, 0.25) is 0 Å². The SMILES string of the molecule is CCOC(=O)C1=C(COCc2ncn[nH]2)NC2=C(C(=O)CC(C)(C)C2)C1c1cccnc1. The molecule has 4 rings (SSSR count). The molecule has 1 atom stereocenters. The molecule has 0 saturated carbocycles. The third-order valence-corrected chi connectivity index (χ3v) is 5.59. The van der Waals surface area contributed by atoms with E-state index in [1.807, 2.05) is 6.07 Å². The minimum atomic E-state index is -0.563. The van der Waals surface area contributed by atoms with Crippen LogP contribution in [0.3, 0.4) is 0 Å². The van der Waals surface area contributed by atoms with Gasteiger partial charge in [0.25, 0.3) is 0 Å². The van der Waals surface area contributed by atoms with Crippen LogP contribution >= 0.6 is 0 Å². The van der Waals surface area contributed by atoms with Gasteiger partial charge in [-0.05, 0) is 30.4 Å². The summed E-state index contributed by atoms with van der Waals surface area (Å²) >= 11 is 0. The van der Waals surface area contributed by atoms with Gasteiger partial charge in [-0.3, -0.25) is 14.9 Å². The summed E-state index contributed by atoms with van der Waals surface area (Å²) in [6.45, 7) is 6.44. The zero-order valence-electron chi connectivity index (χ0n) is 18.5. The van der Waals surface area contributed by atoms with Crippen molar-refractivity contribution in [3.63, 3.8) is 0 Å². The highest BCUT2D eigenvalue weighted by Crippen LogP contribution is 2.46. The summed E-state index contributed by atoms with van der Waals surface area (Å²) in [6, 6.07) is 3.69. The van der Waals surface area contributed by atoms with Crippen molar-refractivity contribution in [2.45, 2.75) is 46.1 Å². The number of esters is 1. The minimum Gasteiger partial charge on any atom is -0.463 e. The van der Waals surface area contributed by atoms with E-state index in [4.69, 9.17) is 9.47 Å². The lowest BCUT2D eigenvalue weighted by molar-refractivity contribution is -0.139. The largest absolute Gasteiger partial charge is 0.463 e. The number of ketones is 1. The number of ether oxygens (including phenoxy) is 2. The molecule has 0 radical (unpaired) electrons. The number of nitrogens with zero attached hydrogens (tertiary/aromatic N) is 3. The highest BCUT2D eigenvalue weighted by Gasteiger charge is 2.43. The van der Waals surface area contributed by atoms with E-state index >= 15 is 0 Å². The molecule has 0 bridgehead atoms. The lowest BCUT2D eigenvalue weighted by Crippen LogP contribution is -2.40. The third-order valence-electron chi connectivity index (χ3n) is 5.59. The smallest absolute Gasteiger partial charge is 0.336 e. The van der Waals surface area contributed by atoms with Crippen LogP contribution in [0, 0.1) is 5.41 Å². The molecule has 9 heteroatoms. The molecule has 2 aromatic heterocycles. The first-order valence-electron chi connectivity index (χ1n) is 10.6. The maximum atomic E-state index is 13.3. The third kappa shape index (κ3) is 4.47. The number of rotatable bonds is 7. The predicted octanol–water partition coefficient (Wildman–Crippen LogP) is 2.56. The Balaban J connectivity index is 1.77. The molecule has 3 heterocycles. The summed E-state index contributed by atoms with van der Waals surface area (Å²) in [5, 5.41) is 9.92. The minimum absolute atomic E-state index is 0.0287. The summed E-state index contributed by atoms with van der Waals surface area (Å²) in [5.74, 6) is -0.430. The Hall–Kier alpha value is -3.33. The van der Waals surface area contributed by atoms with Gasteiger partial charge in [-0.15, -0.1) is 0 Å². The van der Waals surface area contributed by atoms with Crippen molar-refractivity contribution >= 4 is 11.8 Å². The topological polar surface area (TPSA) is 119 Å². The van der Waals surface area contributed by atoms with E-state index in [2.05, 4.69) is 39.3 Å². The molecular formula is C23H27N5O4. The first kappa shape index (κ1) is 21.9. The second-order valence-electron chi connectivity index (χ2n) is 8.72. The molecule has 1 aliphatic carbocycles. The maximum absolute atomic E-state index is 13.3. The van der Waals surface area contributed by atoms with Crippen LogP contribution in [-0.4, -0.2) is 45.1 Å².